The highest BCUT2D eigenvalue weighted by molar-refractivity contribution is 5.71. The first-order chi connectivity index (χ1) is 9.52. The Morgan fingerprint density at radius 1 is 1.25 bits per heavy atom. The maximum atomic E-state index is 12.2. The zero-order valence-electron chi connectivity index (χ0n) is 11.9. The Morgan fingerprint density at radius 2 is 1.95 bits per heavy atom. The quantitative estimate of drug-likeness (QED) is 0.704. The molecule has 0 aromatic carbocycles. The summed E-state index contributed by atoms with van der Waals surface area (Å²) in [5, 5.41) is 0. The molecule has 0 fully saturated rings. The maximum Gasteiger partial charge on any atom is 0.332 e. The van der Waals surface area contributed by atoms with Gasteiger partial charge in [0, 0.05) is 34.4 Å². The van der Waals surface area contributed by atoms with E-state index in [1.807, 2.05) is 0 Å². The largest absolute Gasteiger partial charge is 0.385 e. The topological polar surface area (TPSA) is 97.1 Å². The van der Waals surface area contributed by atoms with Crippen LogP contribution in [0, 0.1) is 0 Å². The van der Waals surface area contributed by atoms with Gasteiger partial charge in [0.2, 0.25) is 0 Å². The molecule has 110 valence electrons. The molecule has 2 N–H and O–H groups in total. The molecule has 0 aliphatic heterocycles. The van der Waals surface area contributed by atoms with Crippen LogP contribution in [0.25, 0.3) is 11.2 Å². The predicted octanol–water partition coefficient (Wildman–Crippen LogP) is -1.07. The predicted molar refractivity (Wildman–Crippen MR) is 74.6 cm³/mol. The Hall–Kier alpha value is -1.93. The van der Waals surface area contributed by atoms with E-state index in [1.165, 1.54) is 11.6 Å². The zero-order chi connectivity index (χ0) is 14.9. The van der Waals surface area contributed by atoms with Gasteiger partial charge in [0.1, 0.15) is 5.82 Å². The van der Waals surface area contributed by atoms with Gasteiger partial charge in [-0.3, -0.25) is 13.9 Å². The molecular formula is C12H19N5O3. The lowest BCUT2D eigenvalue weighted by Crippen LogP contribution is -2.38. The van der Waals surface area contributed by atoms with Gasteiger partial charge in [-0.15, -0.1) is 0 Å². The normalized spacial score (nSPS) is 11.4. The lowest BCUT2D eigenvalue weighted by Gasteiger charge is -2.08. The van der Waals surface area contributed by atoms with Gasteiger partial charge in [-0.05, 0) is 6.42 Å². The molecule has 8 nitrogen and oxygen atoms in total. The zero-order valence-corrected chi connectivity index (χ0v) is 11.9. The van der Waals surface area contributed by atoms with Crippen molar-refractivity contribution in [2.75, 3.05) is 13.7 Å². The number of aromatic nitrogens is 4. The number of nitrogens with zero attached hydrogens (tertiary/aromatic N) is 4. The van der Waals surface area contributed by atoms with Crippen molar-refractivity contribution in [1.82, 2.24) is 18.7 Å². The average Bonchev–Trinajstić information content (AvgIpc) is 2.77. The number of ether oxygens (including phenoxy) is 1. The third-order valence-corrected chi connectivity index (χ3v) is 3.36. The van der Waals surface area contributed by atoms with Crippen LogP contribution in [0.15, 0.2) is 9.59 Å². The van der Waals surface area contributed by atoms with Crippen molar-refractivity contribution >= 4 is 11.2 Å². The van der Waals surface area contributed by atoms with E-state index < -0.39 is 0 Å². The highest BCUT2D eigenvalue weighted by atomic mass is 16.5. The van der Waals surface area contributed by atoms with Gasteiger partial charge in [0.25, 0.3) is 5.56 Å². The van der Waals surface area contributed by atoms with E-state index in [0.717, 1.165) is 4.57 Å². The van der Waals surface area contributed by atoms with E-state index >= 15 is 0 Å². The third-order valence-electron chi connectivity index (χ3n) is 3.36. The first-order valence-corrected chi connectivity index (χ1v) is 6.37. The first-order valence-electron chi connectivity index (χ1n) is 6.37. The summed E-state index contributed by atoms with van der Waals surface area (Å²) in [4.78, 5) is 28.7. The van der Waals surface area contributed by atoms with Gasteiger partial charge in [0.05, 0.1) is 6.54 Å². The van der Waals surface area contributed by atoms with E-state index in [0.29, 0.717) is 36.6 Å². The van der Waals surface area contributed by atoms with Crippen molar-refractivity contribution in [3.63, 3.8) is 0 Å². The van der Waals surface area contributed by atoms with E-state index in [4.69, 9.17) is 10.5 Å². The molecule has 8 heteroatoms. The fourth-order valence-corrected chi connectivity index (χ4v) is 2.23. The molecule has 0 radical (unpaired) electrons. The molecule has 2 aromatic heterocycles. The van der Waals surface area contributed by atoms with Crippen LogP contribution in [-0.4, -0.2) is 32.4 Å². The van der Waals surface area contributed by atoms with Gasteiger partial charge in [0.15, 0.2) is 11.2 Å². The number of imidazole rings is 1. The minimum atomic E-state index is -0.375. The Balaban J connectivity index is 2.72. The molecule has 0 bridgehead atoms. The van der Waals surface area contributed by atoms with Crippen LogP contribution in [-0.2, 0) is 31.9 Å². The van der Waals surface area contributed by atoms with E-state index in [-0.39, 0.29) is 17.8 Å². The van der Waals surface area contributed by atoms with Crippen molar-refractivity contribution in [3.8, 4) is 0 Å². The van der Waals surface area contributed by atoms with E-state index in [1.54, 1.807) is 18.7 Å². The number of aryl methyl sites for hydroxylation is 2. The molecule has 2 rings (SSSR count). The summed E-state index contributed by atoms with van der Waals surface area (Å²) in [6.07, 6.45) is 0.665. The van der Waals surface area contributed by atoms with Crippen LogP contribution >= 0.6 is 0 Å². The highest BCUT2D eigenvalue weighted by Crippen LogP contribution is 2.09. The van der Waals surface area contributed by atoms with Crippen molar-refractivity contribution < 1.29 is 4.74 Å². The van der Waals surface area contributed by atoms with Gasteiger partial charge >= 0.3 is 5.69 Å². The molecular weight excluding hydrogens is 262 g/mol. The molecule has 0 amide bonds. The number of rotatable bonds is 5. The van der Waals surface area contributed by atoms with Crippen molar-refractivity contribution in [3.05, 3.63) is 26.7 Å². The first kappa shape index (κ1) is 14.5. The highest BCUT2D eigenvalue weighted by Gasteiger charge is 2.17. The second-order valence-electron chi connectivity index (χ2n) is 4.61. The Bertz CT molecular complexity index is 740. The Morgan fingerprint density at radius 3 is 2.55 bits per heavy atom. The number of hydrogen-bond donors (Lipinski definition) is 1. The second kappa shape index (κ2) is 5.59. The average molecular weight is 281 g/mol. The van der Waals surface area contributed by atoms with E-state index in [9.17, 15) is 9.59 Å². The van der Waals surface area contributed by atoms with Crippen molar-refractivity contribution in [2.24, 2.45) is 19.8 Å². The van der Waals surface area contributed by atoms with Crippen LogP contribution in [0.1, 0.15) is 12.2 Å². The summed E-state index contributed by atoms with van der Waals surface area (Å²) in [6.45, 7) is 1.19. The molecule has 0 spiro atoms. The lowest BCUT2D eigenvalue weighted by atomic mass is 10.4. The Kier molecular flexibility index (Phi) is 4.05. The SMILES string of the molecule is COCCCn1c(=O)n(C)c(=O)c2c1nc(CN)n2C. The summed E-state index contributed by atoms with van der Waals surface area (Å²) < 4.78 is 9.22. The second-order valence-corrected chi connectivity index (χ2v) is 4.61. The number of fused-ring (bicyclic) bond motifs is 1. The van der Waals surface area contributed by atoms with Gasteiger partial charge in [-0.1, -0.05) is 0 Å². The summed E-state index contributed by atoms with van der Waals surface area (Å²) in [6, 6.07) is 0. The van der Waals surface area contributed by atoms with Crippen LogP contribution in [0.2, 0.25) is 0 Å². The summed E-state index contributed by atoms with van der Waals surface area (Å²) >= 11 is 0. The van der Waals surface area contributed by atoms with Crippen LogP contribution in [0.5, 0.6) is 0 Å². The van der Waals surface area contributed by atoms with Gasteiger partial charge in [-0.2, -0.15) is 0 Å². The van der Waals surface area contributed by atoms with Crippen LogP contribution < -0.4 is 17.0 Å². The molecule has 0 aliphatic rings. The van der Waals surface area contributed by atoms with Crippen LogP contribution in [0.4, 0.5) is 0 Å². The Labute approximate surface area is 115 Å². The number of nitrogens with two attached hydrogens (primary N) is 1. The minimum Gasteiger partial charge on any atom is -0.385 e. The standard InChI is InChI=1S/C12H19N5O3/c1-15-8(7-13)14-10-9(15)11(18)16(2)12(19)17(10)5-4-6-20-3/h4-7,13H2,1-3H3. The molecule has 2 heterocycles. The van der Waals surface area contributed by atoms with Crippen molar-refractivity contribution in [2.45, 2.75) is 19.5 Å². The molecule has 0 aliphatic carbocycles. The maximum absolute atomic E-state index is 12.2. The fourth-order valence-electron chi connectivity index (χ4n) is 2.23. The van der Waals surface area contributed by atoms with Crippen LogP contribution in [0.3, 0.4) is 0 Å². The molecule has 0 saturated carbocycles. The van der Waals surface area contributed by atoms with E-state index in [2.05, 4.69) is 4.98 Å². The summed E-state index contributed by atoms with van der Waals surface area (Å²) in [7, 11) is 4.79. The monoisotopic (exact) mass is 281 g/mol. The summed E-state index contributed by atoms with van der Waals surface area (Å²) in [5.74, 6) is 0.572. The third kappa shape index (κ3) is 2.16. The molecule has 0 atom stereocenters. The summed E-state index contributed by atoms with van der Waals surface area (Å²) in [5.41, 5.74) is 5.66. The van der Waals surface area contributed by atoms with Gasteiger partial charge in [-0.25, -0.2) is 9.78 Å². The molecule has 20 heavy (non-hydrogen) atoms. The smallest absolute Gasteiger partial charge is 0.332 e. The molecule has 2 aromatic rings. The number of methoxy groups -OCH3 is 1. The molecule has 0 saturated heterocycles. The van der Waals surface area contributed by atoms with Crippen molar-refractivity contribution in [1.29, 1.82) is 0 Å². The fraction of sp³-hybridized carbons (Fsp3) is 0.583. The minimum absolute atomic E-state index is 0.209. The van der Waals surface area contributed by atoms with Gasteiger partial charge < -0.3 is 15.0 Å². The lowest BCUT2D eigenvalue weighted by molar-refractivity contribution is 0.190. The number of hydrogen-bond acceptors (Lipinski definition) is 5. The molecule has 0 unspecified atom stereocenters.